The van der Waals surface area contributed by atoms with Crippen molar-refractivity contribution >= 4 is 16.9 Å². The molecule has 7 heteroatoms. The van der Waals surface area contributed by atoms with Crippen LogP contribution in [0.1, 0.15) is 50.7 Å². The molecule has 1 aliphatic heterocycles. The molecule has 2 aromatic rings. The number of methoxy groups -OCH3 is 1. The maximum absolute atomic E-state index is 13.9. The average molecular weight is 431 g/mol. The van der Waals surface area contributed by atoms with Crippen molar-refractivity contribution in [1.29, 1.82) is 0 Å². The standard InChI is InChI=1S/C24H38N4O3/c1-17(2)16-28(20-13-19(18(3)29)14-25-15-20)24(30)23-26-21-9-5-6-10-22(21)27(23)11-7-8-12-31-4/h5-6,9-10,17-20,25,29H,7-8,11-16H2,1-4H3/t18-,19+,20-/m0/s1. The number of piperidine rings is 1. The number of hydrogen-bond donors (Lipinski definition) is 2. The van der Waals surface area contributed by atoms with Crippen molar-refractivity contribution in [3.8, 4) is 0 Å². The lowest BCUT2D eigenvalue weighted by Gasteiger charge is -2.39. The fourth-order valence-electron chi connectivity index (χ4n) is 4.46. The summed E-state index contributed by atoms with van der Waals surface area (Å²) in [5.41, 5.74) is 1.85. The first-order chi connectivity index (χ1) is 14.9. The van der Waals surface area contributed by atoms with Crippen LogP contribution in [0.25, 0.3) is 11.0 Å². The number of ether oxygens (including phenoxy) is 1. The lowest BCUT2D eigenvalue weighted by molar-refractivity contribution is 0.0435. The highest BCUT2D eigenvalue weighted by molar-refractivity contribution is 5.95. The van der Waals surface area contributed by atoms with E-state index in [9.17, 15) is 9.90 Å². The average Bonchev–Trinajstić information content (AvgIpc) is 3.13. The van der Waals surface area contributed by atoms with Crippen molar-refractivity contribution in [2.75, 3.05) is 33.4 Å². The summed E-state index contributed by atoms with van der Waals surface area (Å²) < 4.78 is 7.26. The van der Waals surface area contributed by atoms with E-state index in [0.717, 1.165) is 49.9 Å². The number of rotatable bonds is 10. The van der Waals surface area contributed by atoms with Crippen LogP contribution in [0, 0.1) is 11.8 Å². The minimum Gasteiger partial charge on any atom is -0.393 e. The van der Waals surface area contributed by atoms with Gasteiger partial charge in [0.15, 0.2) is 5.82 Å². The van der Waals surface area contributed by atoms with Gasteiger partial charge >= 0.3 is 0 Å². The van der Waals surface area contributed by atoms with Crippen LogP contribution in [0.2, 0.25) is 0 Å². The number of aliphatic hydroxyl groups is 1. The van der Waals surface area contributed by atoms with Crippen molar-refractivity contribution in [1.82, 2.24) is 19.8 Å². The van der Waals surface area contributed by atoms with Crippen molar-refractivity contribution in [2.45, 2.75) is 58.7 Å². The van der Waals surface area contributed by atoms with Gasteiger partial charge in [-0.3, -0.25) is 4.79 Å². The van der Waals surface area contributed by atoms with E-state index in [-0.39, 0.29) is 17.9 Å². The summed E-state index contributed by atoms with van der Waals surface area (Å²) in [7, 11) is 1.71. The molecule has 31 heavy (non-hydrogen) atoms. The third kappa shape index (κ3) is 5.84. The van der Waals surface area contributed by atoms with Gasteiger partial charge in [0.25, 0.3) is 5.91 Å². The lowest BCUT2D eigenvalue weighted by Crippen LogP contribution is -2.54. The van der Waals surface area contributed by atoms with E-state index in [1.807, 2.05) is 36.1 Å². The Balaban J connectivity index is 1.91. The largest absolute Gasteiger partial charge is 0.393 e. The maximum atomic E-state index is 13.9. The molecule has 0 unspecified atom stereocenters. The number of aryl methyl sites for hydroxylation is 1. The summed E-state index contributed by atoms with van der Waals surface area (Å²) in [5, 5.41) is 13.5. The Morgan fingerprint density at radius 2 is 2.06 bits per heavy atom. The van der Waals surface area contributed by atoms with Crippen molar-refractivity contribution in [3.63, 3.8) is 0 Å². The number of aromatic nitrogens is 2. The topological polar surface area (TPSA) is 79.6 Å². The highest BCUT2D eigenvalue weighted by atomic mass is 16.5. The summed E-state index contributed by atoms with van der Waals surface area (Å²) >= 11 is 0. The Bertz CT molecular complexity index is 848. The third-order valence-electron chi connectivity index (χ3n) is 6.13. The molecule has 0 radical (unpaired) electrons. The number of aliphatic hydroxyl groups excluding tert-OH is 1. The zero-order chi connectivity index (χ0) is 22.4. The highest BCUT2D eigenvalue weighted by Crippen LogP contribution is 2.24. The number of fused-ring (bicyclic) bond motifs is 1. The first-order valence-electron chi connectivity index (χ1n) is 11.6. The van der Waals surface area contributed by atoms with Crippen LogP contribution in [0.5, 0.6) is 0 Å². The summed E-state index contributed by atoms with van der Waals surface area (Å²) in [6.07, 6.45) is 2.27. The van der Waals surface area contributed by atoms with Crippen LogP contribution in [0.4, 0.5) is 0 Å². The zero-order valence-corrected chi connectivity index (χ0v) is 19.4. The van der Waals surface area contributed by atoms with Crippen molar-refractivity contribution in [3.05, 3.63) is 30.1 Å². The molecule has 7 nitrogen and oxygen atoms in total. The highest BCUT2D eigenvalue weighted by Gasteiger charge is 2.34. The van der Waals surface area contributed by atoms with Gasteiger partial charge in [-0.15, -0.1) is 0 Å². The van der Waals surface area contributed by atoms with Gasteiger partial charge in [0, 0.05) is 45.9 Å². The van der Waals surface area contributed by atoms with Crippen LogP contribution in [-0.4, -0.2) is 71.0 Å². The minimum absolute atomic E-state index is 0.0188. The second-order valence-electron chi connectivity index (χ2n) is 9.18. The van der Waals surface area contributed by atoms with Crippen molar-refractivity contribution < 1.29 is 14.6 Å². The Hall–Kier alpha value is -1.96. The van der Waals surface area contributed by atoms with Gasteiger partial charge in [-0.05, 0) is 50.2 Å². The van der Waals surface area contributed by atoms with Gasteiger partial charge in [0.05, 0.1) is 17.1 Å². The predicted molar refractivity (Wildman–Crippen MR) is 123 cm³/mol. The number of unbranched alkanes of at least 4 members (excludes halogenated alkanes) is 1. The molecule has 0 bridgehead atoms. The van der Waals surface area contributed by atoms with Gasteiger partial charge in [-0.2, -0.15) is 0 Å². The maximum Gasteiger partial charge on any atom is 0.290 e. The van der Waals surface area contributed by atoms with Gasteiger partial charge in [-0.25, -0.2) is 4.98 Å². The molecule has 0 aliphatic carbocycles. The number of nitrogens with one attached hydrogen (secondary N) is 1. The predicted octanol–water partition coefficient (Wildman–Crippen LogP) is 2.92. The number of carbonyl (C=O) groups excluding carboxylic acids is 1. The molecule has 3 atom stereocenters. The number of amides is 1. The number of para-hydroxylation sites is 2. The molecule has 1 aliphatic rings. The number of benzene rings is 1. The molecule has 172 valence electrons. The quantitative estimate of drug-likeness (QED) is 0.567. The molecule has 1 aromatic carbocycles. The van der Waals surface area contributed by atoms with Crippen LogP contribution < -0.4 is 5.32 Å². The van der Waals surface area contributed by atoms with E-state index < -0.39 is 6.10 Å². The smallest absolute Gasteiger partial charge is 0.290 e. The van der Waals surface area contributed by atoms with Crippen LogP contribution >= 0.6 is 0 Å². The van der Waals surface area contributed by atoms with E-state index in [0.29, 0.717) is 24.9 Å². The number of nitrogens with zero attached hydrogens (tertiary/aromatic N) is 3. The Labute approximate surface area is 185 Å². The van der Waals surface area contributed by atoms with Gasteiger partial charge < -0.3 is 24.6 Å². The van der Waals surface area contributed by atoms with Crippen molar-refractivity contribution in [2.24, 2.45) is 11.8 Å². The summed E-state index contributed by atoms with van der Waals surface area (Å²) in [6.45, 7) is 9.76. The van der Waals surface area contributed by atoms with Crippen LogP contribution in [-0.2, 0) is 11.3 Å². The Morgan fingerprint density at radius 3 is 2.77 bits per heavy atom. The zero-order valence-electron chi connectivity index (χ0n) is 19.4. The van der Waals surface area contributed by atoms with Crippen LogP contribution in [0.3, 0.4) is 0 Å². The summed E-state index contributed by atoms with van der Waals surface area (Å²) in [6, 6.07) is 8.01. The molecule has 0 saturated carbocycles. The van der Waals surface area contributed by atoms with E-state index in [2.05, 4.69) is 23.7 Å². The Morgan fingerprint density at radius 1 is 1.29 bits per heavy atom. The van der Waals surface area contributed by atoms with E-state index in [1.54, 1.807) is 7.11 Å². The molecular weight excluding hydrogens is 392 g/mol. The molecule has 1 aromatic heterocycles. The molecule has 0 spiro atoms. The molecular formula is C24H38N4O3. The monoisotopic (exact) mass is 430 g/mol. The van der Waals surface area contributed by atoms with E-state index in [4.69, 9.17) is 9.72 Å². The molecule has 1 fully saturated rings. The number of hydrogen-bond acceptors (Lipinski definition) is 5. The first-order valence-corrected chi connectivity index (χ1v) is 11.6. The Kier molecular flexibility index (Phi) is 8.46. The van der Waals surface area contributed by atoms with E-state index >= 15 is 0 Å². The molecule has 3 rings (SSSR count). The number of carbonyl (C=O) groups is 1. The number of imidazole rings is 1. The fourth-order valence-corrected chi connectivity index (χ4v) is 4.46. The summed E-state index contributed by atoms with van der Waals surface area (Å²) in [4.78, 5) is 20.6. The third-order valence-corrected chi connectivity index (χ3v) is 6.13. The van der Waals surface area contributed by atoms with E-state index in [1.165, 1.54) is 0 Å². The molecule has 2 heterocycles. The second kappa shape index (κ2) is 11.1. The normalized spacial score (nSPS) is 20.3. The molecule has 1 saturated heterocycles. The SMILES string of the molecule is COCCCCn1c(C(=O)N(CC(C)C)[C@@H]2CNC[C@H]([C@H](C)O)C2)nc2ccccc21. The fraction of sp³-hybridized carbons (Fsp3) is 0.667. The second-order valence-corrected chi connectivity index (χ2v) is 9.18. The summed E-state index contributed by atoms with van der Waals surface area (Å²) in [5.74, 6) is 0.984. The lowest BCUT2D eigenvalue weighted by atomic mass is 9.90. The first kappa shape index (κ1) is 23.7. The van der Waals surface area contributed by atoms with Gasteiger partial charge in [-0.1, -0.05) is 26.0 Å². The molecule has 1 amide bonds. The van der Waals surface area contributed by atoms with Gasteiger partial charge in [0.1, 0.15) is 0 Å². The minimum atomic E-state index is -0.392. The van der Waals surface area contributed by atoms with Crippen LogP contribution in [0.15, 0.2) is 24.3 Å². The van der Waals surface area contributed by atoms with Gasteiger partial charge in [0.2, 0.25) is 0 Å². The molecule has 2 N–H and O–H groups in total.